The highest BCUT2D eigenvalue weighted by atomic mass is 35.5. The maximum Gasteiger partial charge on any atom is 0.228 e. The number of halogens is 1. The normalized spacial score (nSPS) is 10.4. The second-order valence-electron chi connectivity index (χ2n) is 3.80. The third-order valence-corrected chi connectivity index (χ3v) is 2.94. The van der Waals surface area contributed by atoms with Gasteiger partial charge in [-0.05, 0) is 30.3 Å². The Morgan fingerprint density at radius 3 is 2.67 bits per heavy atom. The molecule has 3 nitrogen and oxygen atoms in total. The summed E-state index contributed by atoms with van der Waals surface area (Å²) in [5, 5.41) is 0.408. The van der Waals surface area contributed by atoms with Gasteiger partial charge in [0.05, 0.1) is 12.1 Å². The fourth-order valence-corrected chi connectivity index (χ4v) is 1.90. The van der Waals surface area contributed by atoms with E-state index in [2.05, 4.69) is 0 Å². The summed E-state index contributed by atoms with van der Waals surface area (Å²) in [6.07, 6.45) is 0.761. The van der Waals surface area contributed by atoms with E-state index in [9.17, 15) is 4.79 Å². The van der Waals surface area contributed by atoms with Crippen molar-refractivity contribution in [2.45, 2.75) is 13.3 Å². The van der Waals surface area contributed by atoms with Crippen LogP contribution in [-0.4, -0.2) is 12.9 Å². The molecule has 0 N–H and O–H groups in total. The molecule has 2 rings (SSSR count). The third-order valence-electron chi connectivity index (χ3n) is 2.65. The molecule has 0 spiro atoms. The monoisotopic (exact) mass is 264 g/mol. The zero-order chi connectivity index (χ0) is 13.1. The highest BCUT2D eigenvalue weighted by Gasteiger charge is 2.15. The van der Waals surface area contributed by atoms with Crippen LogP contribution in [0.2, 0.25) is 5.02 Å². The van der Waals surface area contributed by atoms with Crippen LogP contribution >= 0.6 is 11.6 Å². The lowest BCUT2D eigenvalue weighted by molar-refractivity contribution is 0.101. The van der Waals surface area contributed by atoms with Crippen molar-refractivity contribution in [1.82, 2.24) is 0 Å². The number of carbonyl (C=O) groups excluding carboxylic acids is 1. The van der Waals surface area contributed by atoms with E-state index in [1.54, 1.807) is 30.3 Å². The maximum absolute atomic E-state index is 12.1. The molecule has 94 valence electrons. The number of rotatable bonds is 4. The van der Waals surface area contributed by atoms with Crippen molar-refractivity contribution in [3.63, 3.8) is 0 Å². The molecule has 0 saturated heterocycles. The van der Waals surface area contributed by atoms with E-state index in [1.165, 1.54) is 7.11 Å². The molecule has 0 unspecified atom stereocenters. The topological polar surface area (TPSA) is 39.4 Å². The molecule has 0 fully saturated rings. The molecular formula is C14H13ClO3. The number of benzene rings is 1. The van der Waals surface area contributed by atoms with Crippen molar-refractivity contribution in [3.8, 4) is 5.75 Å². The van der Waals surface area contributed by atoms with Crippen molar-refractivity contribution in [1.29, 1.82) is 0 Å². The van der Waals surface area contributed by atoms with Gasteiger partial charge in [-0.2, -0.15) is 0 Å². The van der Waals surface area contributed by atoms with E-state index in [0.717, 1.165) is 12.2 Å². The summed E-state index contributed by atoms with van der Waals surface area (Å²) in [7, 11) is 1.53. The summed E-state index contributed by atoms with van der Waals surface area (Å²) < 4.78 is 10.5. The van der Waals surface area contributed by atoms with Gasteiger partial charge in [0.2, 0.25) is 5.78 Å². The predicted molar refractivity (Wildman–Crippen MR) is 69.5 cm³/mol. The van der Waals surface area contributed by atoms with E-state index < -0.39 is 0 Å². The van der Waals surface area contributed by atoms with Crippen LogP contribution in [0.4, 0.5) is 0 Å². The van der Waals surface area contributed by atoms with Crippen LogP contribution in [0.1, 0.15) is 28.8 Å². The smallest absolute Gasteiger partial charge is 0.228 e. The van der Waals surface area contributed by atoms with Crippen molar-refractivity contribution >= 4 is 17.4 Å². The standard InChI is InChI=1S/C14H13ClO3/c1-3-10-5-7-13(18-10)14(16)9-4-6-12(17-2)11(15)8-9/h4-8H,3H2,1-2H3. The first-order chi connectivity index (χ1) is 8.65. The second-order valence-corrected chi connectivity index (χ2v) is 4.21. The van der Waals surface area contributed by atoms with Crippen LogP contribution in [0, 0.1) is 0 Å². The fourth-order valence-electron chi connectivity index (χ4n) is 1.64. The molecular weight excluding hydrogens is 252 g/mol. The van der Waals surface area contributed by atoms with Gasteiger partial charge in [0, 0.05) is 12.0 Å². The lowest BCUT2D eigenvalue weighted by Crippen LogP contribution is -2.00. The SMILES string of the molecule is CCc1ccc(C(=O)c2ccc(OC)c(Cl)c2)o1. The Hall–Kier alpha value is -1.74. The Bertz CT molecular complexity index is 572. The summed E-state index contributed by atoms with van der Waals surface area (Å²) >= 11 is 5.99. The number of furan rings is 1. The average molecular weight is 265 g/mol. The number of ether oxygens (including phenoxy) is 1. The van der Waals surface area contributed by atoms with Crippen LogP contribution in [0.5, 0.6) is 5.75 Å². The quantitative estimate of drug-likeness (QED) is 0.790. The fraction of sp³-hybridized carbons (Fsp3) is 0.214. The van der Waals surface area contributed by atoms with Crippen LogP contribution in [0.3, 0.4) is 0 Å². The number of methoxy groups -OCH3 is 1. The first kappa shape index (κ1) is 12.7. The number of aryl methyl sites for hydroxylation is 1. The number of carbonyl (C=O) groups is 1. The Morgan fingerprint density at radius 1 is 1.33 bits per heavy atom. The molecule has 18 heavy (non-hydrogen) atoms. The third kappa shape index (κ3) is 2.41. The molecule has 1 aromatic heterocycles. The van der Waals surface area contributed by atoms with Gasteiger partial charge in [0.25, 0.3) is 0 Å². The molecule has 1 heterocycles. The molecule has 2 aromatic rings. The van der Waals surface area contributed by atoms with Crippen molar-refractivity contribution in [2.24, 2.45) is 0 Å². The molecule has 0 aliphatic carbocycles. The zero-order valence-electron chi connectivity index (χ0n) is 10.2. The Labute approximate surface area is 110 Å². The molecule has 0 amide bonds. The zero-order valence-corrected chi connectivity index (χ0v) is 11.0. The molecule has 4 heteroatoms. The minimum atomic E-state index is -0.181. The van der Waals surface area contributed by atoms with Crippen LogP contribution in [0.25, 0.3) is 0 Å². The molecule has 0 radical (unpaired) electrons. The summed E-state index contributed by atoms with van der Waals surface area (Å²) in [4.78, 5) is 12.1. The van der Waals surface area contributed by atoms with Gasteiger partial charge in [-0.15, -0.1) is 0 Å². The minimum absolute atomic E-state index is 0.181. The molecule has 0 saturated carbocycles. The van der Waals surface area contributed by atoms with E-state index in [-0.39, 0.29) is 5.78 Å². The van der Waals surface area contributed by atoms with Crippen molar-refractivity contribution in [2.75, 3.05) is 7.11 Å². The van der Waals surface area contributed by atoms with E-state index in [4.69, 9.17) is 20.8 Å². The highest BCUT2D eigenvalue weighted by molar-refractivity contribution is 6.32. The lowest BCUT2D eigenvalue weighted by Gasteiger charge is -2.04. The van der Waals surface area contributed by atoms with Gasteiger partial charge in [-0.1, -0.05) is 18.5 Å². The number of hydrogen-bond donors (Lipinski definition) is 0. The van der Waals surface area contributed by atoms with Crippen LogP contribution in [-0.2, 0) is 6.42 Å². The van der Waals surface area contributed by atoms with Gasteiger partial charge in [-0.25, -0.2) is 0 Å². The average Bonchev–Trinajstić information content (AvgIpc) is 2.86. The number of ketones is 1. The first-order valence-corrected chi connectivity index (χ1v) is 6.00. The van der Waals surface area contributed by atoms with Gasteiger partial charge in [0.15, 0.2) is 5.76 Å². The van der Waals surface area contributed by atoms with Gasteiger partial charge >= 0.3 is 0 Å². The minimum Gasteiger partial charge on any atom is -0.495 e. The second kappa shape index (κ2) is 5.27. The Kier molecular flexibility index (Phi) is 3.72. The van der Waals surface area contributed by atoms with E-state index in [0.29, 0.717) is 22.1 Å². The van der Waals surface area contributed by atoms with E-state index in [1.807, 2.05) is 6.92 Å². The predicted octanol–water partition coefficient (Wildman–Crippen LogP) is 3.74. The first-order valence-electron chi connectivity index (χ1n) is 5.62. The van der Waals surface area contributed by atoms with Crippen LogP contribution in [0.15, 0.2) is 34.7 Å². The van der Waals surface area contributed by atoms with Crippen LogP contribution < -0.4 is 4.74 Å². The summed E-state index contributed by atoms with van der Waals surface area (Å²) in [5.41, 5.74) is 0.484. The maximum atomic E-state index is 12.1. The highest BCUT2D eigenvalue weighted by Crippen LogP contribution is 2.26. The van der Waals surface area contributed by atoms with Crippen molar-refractivity contribution in [3.05, 3.63) is 52.4 Å². The lowest BCUT2D eigenvalue weighted by atomic mass is 10.1. The van der Waals surface area contributed by atoms with Gasteiger partial charge in [-0.3, -0.25) is 4.79 Å². The van der Waals surface area contributed by atoms with Gasteiger partial charge in [0.1, 0.15) is 11.5 Å². The Morgan fingerprint density at radius 2 is 2.11 bits per heavy atom. The number of hydrogen-bond acceptors (Lipinski definition) is 3. The molecule has 0 aliphatic rings. The summed E-state index contributed by atoms with van der Waals surface area (Å²) in [6, 6.07) is 8.40. The molecule has 1 aromatic carbocycles. The molecule has 0 atom stereocenters. The van der Waals surface area contributed by atoms with E-state index >= 15 is 0 Å². The summed E-state index contributed by atoms with van der Waals surface area (Å²) in [5.74, 6) is 1.48. The molecule has 0 bridgehead atoms. The summed E-state index contributed by atoms with van der Waals surface area (Å²) in [6.45, 7) is 1.97. The largest absolute Gasteiger partial charge is 0.495 e. The van der Waals surface area contributed by atoms with Crippen molar-refractivity contribution < 1.29 is 13.9 Å². The molecule has 0 aliphatic heterocycles. The van der Waals surface area contributed by atoms with Gasteiger partial charge < -0.3 is 9.15 Å². The Balaban J connectivity index is 2.31.